The largest absolute Gasteiger partial charge is 0.383 e. The second kappa shape index (κ2) is 7.01. The maximum Gasteiger partial charge on any atom is 0.221 e. The van der Waals surface area contributed by atoms with Crippen molar-refractivity contribution >= 4 is 34.8 Å². The van der Waals surface area contributed by atoms with Crippen molar-refractivity contribution in [3.05, 3.63) is 28.2 Å². The van der Waals surface area contributed by atoms with E-state index in [0.29, 0.717) is 29.1 Å². The third kappa shape index (κ3) is 4.29. The molecule has 1 aromatic rings. The quantitative estimate of drug-likeness (QED) is 0.867. The minimum absolute atomic E-state index is 0.0950. The van der Waals surface area contributed by atoms with Gasteiger partial charge in [-0.1, -0.05) is 42.1 Å². The number of amides is 1. The van der Waals surface area contributed by atoms with Gasteiger partial charge in [-0.2, -0.15) is 0 Å². The van der Waals surface area contributed by atoms with E-state index in [1.807, 2.05) is 12.1 Å². The van der Waals surface area contributed by atoms with Gasteiger partial charge in [-0.05, 0) is 25.0 Å². The minimum Gasteiger partial charge on any atom is -0.383 e. The van der Waals surface area contributed by atoms with E-state index < -0.39 is 0 Å². The van der Waals surface area contributed by atoms with Gasteiger partial charge in [-0.25, -0.2) is 0 Å². The highest BCUT2D eigenvalue weighted by atomic mass is 35.5. The van der Waals surface area contributed by atoms with Crippen LogP contribution in [-0.2, 0) is 4.79 Å². The maximum absolute atomic E-state index is 11.7. The molecule has 0 aromatic heterocycles. The van der Waals surface area contributed by atoms with Crippen LogP contribution in [-0.4, -0.2) is 18.5 Å². The van der Waals surface area contributed by atoms with Gasteiger partial charge in [0.2, 0.25) is 5.91 Å². The van der Waals surface area contributed by atoms with Crippen LogP contribution in [0.2, 0.25) is 10.0 Å². The fourth-order valence-electron chi connectivity index (χ4n) is 2.32. The second-order valence-electron chi connectivity index (χ2n) is 4.83. The Morgan fingerprint density at radius 1 is 1.26 bits per heavy atom. The summed E-state index contributed by atoms with van der Waals surface area (Å²) in [5.74, 6) is 0.0950. The molecule has 5 heteroatoms. The van der Waals surface area contributed by atoms with Gasteiger partial charge in [-0.15, -0.1) is 0 Å². The number of nitrogens with one attached hydrogen (secondary N) is 2. The third-order valence-corrected chi connectivity index (χ3v) is 4.16. The van der Waals surface area contributed by atoms with Crippen molar-refractivity contribution in [1.82, 2.24) is 5.32 Å². The molecule has 1 aliphatic rings. The standard InChI is InChI=1S/C14H18Cl2N2O/c15-11-6-3-7-12(14(11)16)17-9-8-13(19)18-10-4-1-2-5-10/h3,6-7,10,17H,1-2,4-5,8-9H2,(H,18,19). The van der Waals surface area contributed by atoms with Crippen molar-refractivity contribution in [2.24, 2.45) is 0 Å². The average molecular weight is 301 g/mol. The molecular formula is C14H18Cl2N2O. The van der Waals surface area contributed by atoms with Crippen LogP contribution in [0.15, 0.2) is 18.2 Å². The lowest BCUT2D eigenvalue weighted by Crippen LogP contribution is -2.33. The van der Waals surface area contributed by atoms with Gasteiger partial charge in [0.25, 0.3) is 0 Å². The summed E-state index contributed by atoms with van der Waals surface area (Å²) in [5.41, 5.74) is 0.767. The number of anilines is 1. The molecule has 104 valence electrons. The summed E-state index contributed by atoms with van der Waals surface area (Å²) >= 11 is 12.0. The topological polar surface area (TPSA) is 41.1 Å². The Morgan fingerprint density at radius 2 is 2.00 bits per heavy atom. The van der Waals surface area contributed by atoms with Gasteiger partial charge in [0.15, 0.2) is 0 Å². The first-order chi connectivity index (χ1) is 9.16. The normalized spacial score (nSPS) is 15.5. The number of rotatable bonds is 5. The van der Waals surface area contributed by atoms with Crippen molar-refractivity contribution in [2.45, 2.75) is 38.1 Å². The van der Waals surface area contributed by atoms with Crippen LogP contribution in [0.5, 0.6) is 0 Å². The lowest BCUT2D eigenvalue weighted by Gasteiger charge is -2.13. The summed E-state index contributed by atoms with van der Waals surface area (Å²) in [6, 6.07) is 5.79. The van der Waals surface area contributed by atoms with Gasteiger partial charge >= 0.3 is 0 Å². The molecule has 1 fully saturated rings. The molecule has 0 atom stereocenters. The Morgan fingerprint density at radius 3 is 2.74 bits per heavy atom. The summed E-state index contributed by atoms with van der Waals surface area (Å²) in [7, 11) is 0. The van der Waals surface area contributed by atoms with E-state index in [0.717, 1.165) is 18.5 Å². The Kier molecular flexibility index (Phi) is 5.34. The first-order valence-electron chi connectivity index (χ1n) is 6.64. The molecule has 0 radical (unpaired) electrons. The van der Waals surface area contributed by atoms with Crippen LogP contribution in [0, 0.1) is 0 Å². The first-order valence-corrected chi connectivity index (χ1v) is 7.39. The van der Waals surface area contributed by atoms with Crippen molar-refractivity contribution in [2.75, 3.05) is 11.9 Å². The third-order valence-electron chi connectivity index (χ3n) is 3.34. The molecule has 1 amide bonds. The zero-order chi connectivity index (χ0) is 13.7. The van der Waals surface area contributed by atoms with Crippen molar-refractivity contribution in [3.63, 3.8) is 0 Å². The molecule has 3 nitrogen and oxygen atoms in total. The number of carbonyl (C=O) groups excluding carboxylic acids is 1. The molecule has 2 rings (SSSR count). The number of halogens is 2. The van der Waals surface area contributed by atoms with E-state index in [9.17, 15) is 4.79 Å². The van der Waals surface area contributed by atoms with Crippen LogP contribution in [0.1, 0.15) is 32.1 Å². The summed E-state index contributed by atoms with van der Waals surface area (Å²) < 4.78 is 0. The number of hydrogen-bond donors (Lipinski definition) is 2. The summed E-state index contributed by atoms with van der Waals surface area (Å²) in [6.45, 7) is 0.554. The number of hydrogen-bond acceptors (Lipinski definition) is 2. The number of carbonyl (C=O) groups is 1. The van der Waals surface area contributed by atoms with Gasteiger partial charge in [-0.3, -0.25) is 4.79 Å². The molecule has 0 spiro atoms. The predicted molar refractivity (Wildman–Crippen MR) is 80.0 cm³/mol. The van der Waals surface area contributed by atoms with Gasteiger partial charge in [0, 0.05) is 19.0 Å². The van der Waals surface area contributed by atoms with E-state index in [1.165, 1.54) is 12.8 Å². The SMILES string of the molecule is O=C(CCNc1cccc(Cl)c1Cl)NC1CCCC1. The molecule has 0 aliphatic heterocycles. The van der Waals surface area contributed by atoms with E-state index in [4.69, 9.17) is 23.2 Å². The highest BCUT2D eigenvalue weighted by molar-refractivity contribution is 6.43. The van der Waals surface area contributed by atoms with Crippen LogP contribution >= 0.6 is 23.2 Å². The first kappa shape index (κ1) is 14.5. The smallest absolute Gasteiger partial charge is 0.221 e. The fourth-order valence-corrected chi connectivity index (χ4v) is 2.69. The van der Waals surface area contributed by atoms with Crippen LogP contribution in [0.25, 0.3) is 0 Å². The zero-order valence-corrected chi connectivity index (χ0v) is 12.2. The molecular weight excluding hydrogens is 283 g/mol. The highest BCUT2D eigenvalue weighted by Crippen LogP contribution is 2.29. The molecule has 0 heterocycles. The van der Waals surface area contributed by atoms with E-state index in [1.54, 1.807) is 6.07 Å². The molecule has 19 heavy (non-hydrogen) atoms. The molecule has 0 unspecified atom stereocenters. The monoisotopic (exact) mass is 300 g/mol. The molecule has 1 aromatic carbocycles. The maximum atomic E-state index is 11.7. The van der Waals surface area contributed by atoms with Gasteiger partial charge in [0.05, 0.1) is 15.7 Å². The van der Waals surface area contributed by atoms with Crippen LogP contribution in [0.3, 0.4) is 0 Å². The highest BCUT2D eigenvalue weighted by Gasteiger charge is 2.16. The number of benzene rings is 1. The Balaban J connectivity index is 1.73. The summed E-state index contributed by atoms with van der Waals surface area (Å²) in [5, 5.41) is 7.20. The van der Waals surface area contributed by atoms with Crippen molar-refractivity contribution in [3.8, 4) is 0 Å². The average Bonchev–Trinajstić information content (AvgIpc) is 2.87. The Bertz CT molecular complexity index is 445. The predicted octanol–water partition coefficient (Wildman–Crippen LogP) is 3.85. The zero-order valence-electron chi connectivity index (χ0n) is 10.7. The lowest BCUT2D eigenvalue weighted by atomic mass is 10.2. The minimum atomic E-state index is 0.0950. The van der Waals surface area contributed by atoms with E-state index in [-0.39, 0.29) is 5.91 Å². The van der Waals surface area contributed by atoms with Gasteiger partial charge < -0.3 is 10.6 Å². The summed E-state index contributed by atoms with van der Waals surface area (Å²) in [4.78, 5) is 11.7. The Hall–Kier alpha value is -0.930. The molecule has 1 aliphatic carbocycles. The Labute approximate surface area is 123 Å². The molecule has 1 saturated carbocycles. The lowest BCUT2D eigenvalue weighted by molar-refractivity contribution is -0.121. The molecule has 0 bridgehead atoms. The van der Waals surface area contributed by atoms with Crippen molar-refractivity contribution < 1.29 is 4.79 Å². The van der Waals surface area contributed by atoms with Gasteiger partial charge in [0.1, 0.15) is 0 Å². The molecule has 0 saturated heterocycles. The van der Waals surface area contributed by atoms with E-state index in [2.05, 4.69) is 10.6 Å². The molecule has 2 N–H and O–H groups in total. The van der Waals surface area contributed by atoms with Crippen molar-refractivity contribution in [1.29, 1.82) is 0 Å². The summed E-state index contributed by atoms with van der Waals surface area (Å²) in [6.07, 6.45) is 5.11. The van der Waals surface area contributed by atoms with Crippen LogP contribution in [0.4, 0.5) is 5.69 Å². The van der Waals surface area contributed by atoms with Crippen LogP contribution < -0.4 is 10.6 Å². The second-order valence-corrected chi connectivity index (χ2v) is 5.61. The fraction of sp³-hybridized carbons (Fsp3) is 0.500. The van der Waals surface area contributed by atoms with E-state index >= 15 is 0 Å².